The second-order valence-corrected chi connectivity index (χ2v) is 7.99. The van der Waals surface area contributed by atoms with Crippen molar-refractivity contribution in [3.8, 4) is 0 Å². The van der Waals surface area contributed by atoms with E-state index in [9.17, 15) is 0 Å². The monoisotopic (exact) mass is 283 g/mol. The van der Waals surface area contributed by atoms with E-state index in [1.807, 2.05) is 23.1 Å². The summed E-state index contributed by atoms with van der Waals surface area (Å²) in [4.78, 5) is 0. The minimum atomic E-state index is 0.560. The lowest BCUT2D eigenvalue weighted by molar-refractivity contribution is 0.0536. The fourth-order valence-corrected chi connectivity index (χ4v) is 5.39. The Kier molecular flexibility index (Phi) is 4.29. The summed E-state index contributed by atoms with van der Waals surface area (Å²) in [5.41, 5.74) is 1.53. The van der Waals surface area contributed by atoms with E-state index in [1.165, 1.54) is 29.0 Å². The van der Waals surface area contributed by atoms with Crippen LogP contribution in [0.1, 0.15) is 37.8 Å². The van der Waals surface area contributed by atoms with Gasteiger partial charge in [-0.2, -0.15) is 0 Å². The predicted molar refractivity (Wildman–Crippen MR) is 78.5 cm³/mol. The molecule has 0 bridgehead atoms. The fourth-order valence-electron chi connectivity index (χ4n) is 2.82. The number of thiophene rings is 1. The Morgan fingerprint density at radius 2 is 2.44 bits per heavy atom. The maximum absolute atomic E-state index is 5.56. The van der Waals surface area contributed by atoms with Crippen LogP contribution >= 0.6 is 23.1 Å². The molecule has 3 atom stereocenters. The molecule has 1 fully saturated rings. The number of rotatable bonds is 3. The minimum absolute atomic E-state index is 0.560. The maximum Gasteiger partial charge on any atom is 0.0649 e. The smallest absolute Gasteiger partial charge is 0.0649 e. The Bertz CT molecular complexity index is 387. The summed E-state index contributed by atoms with van der Waals surface area (Å²) >= 11 is 3.93. The first-order valence-corrected chi connectivity index (χ1v) is 8.64. The van der Waals surface area contributed by atoms with Crippen molar-refractivity contribution in [3.63, 3.8) is 0 Å². The van der Waals surface area contributed by atoms with E-state index in [0.29, 0.717) is 12.0 Å². The molecule has 0 amide bonds. The van der Waals surface area contributed by atoms with E-state index in [2.05, 4.69) is 23.7 Å². The molecule has 0 spiro atoms. The molecular weight excluding hydrogens is 262 g/mol. The Hall–Kier alpha value is -0.0300. The lowest BCUT2D eigenvalue weighted by Gasteiger charge is -2.30. The molecule has 1 aromatic rings. The van der Waals surface area contributed by atoms with Gasteiger partial charge in [0, 0.05) is 24.4 Å². The average Bonchev–Trinajstić information content (AvgIpc) is 2.85. The van der Waals surface area contributed by atoms with Gasteiger partial charge in [-0.3, -0.25) is 0 Å². The van der Waals surface area contributed by atoms with Crippen molar-refractivity contribution in [1.82, 2.24) is 5.32 Å². The highest BCUT2D eigenvalue weighted by atomic mass is 32.2. The van der Waals surface area contributed by atoms with Crippen LogP contribution in [0.2, 0.25) is 0 Å². The van der Waals surface area contributed by atoms with Crippen LogP contribution in [0.15, 0.2) is 15.7 Å². The largest absolute Gasteiger partial charge is 0.381 e. The number of fused-ring (bicyclic) bond motifs is 1. The molecule has 1 aromatic heterocycles. The van der Waals surface area contributed by atoms with Crippen LogP contribution in [0.4, 0.5) is 0 Å². The highest BCUT2D eigenvalue weighted by Gasteiger charge is 2.26. The van der Waals surface area contributed by atoms with E-state index in [4.69, 9.17) is 4.74 Å². The van der Waals surface area contributed by atoms with E-state index in [0.717, 1.165) is 25.0 Å². The summed E-state index contributed by atoms with van der Waals surface area (Å²) < 4.78 is 7.08. The van der Waals surface area contributed by atoms with Crippen molar-refractivity contribution in [1.29, 1.82) is 0 Å². The SMILES string of the molecule is C[C@H]1CC(NCC2CCCOC2)c2ccsc2S1. The predicted octanol–water partition coefficient (Wildman–Crippen LogP) is 3.69. The topological polar surface area (TPSA) is 21.3 Å². The van der Waals surface area contributed by atoms with E-state index in [-0.39, 0.29) is 0 Å². The van der Waals surface area contributed by atoms with Crippen LogP contribution < -0.4 is 5.32 Å². The van der Waals surface area contributed by atoms with Crippen molar-refractivity contribution < 1.29 is 4.74 Å². The van der Waals surface area contributed by atoms with Gasteiger partial charge >= 0.3 is 0 Å². The van der Waals surface area contributed by atoms with Crippen LogP contribution in [0.5, 0.6) is 0 Å². The number of thioether (sulfide) groups is 1. The molecule has 0 aromatic carbocycles. The third-order valence-corrected chi connectivity index (χ3v) is 6.16. The van der Waals surface area contributed by atoms with Crippen molar-refractivity contribution in [2.45, 2.75) is 41.7 Å². The van der Waals surface area contributed by atoms with Gasteiger partial charge in [-0.15, -0.1) is 23.1 Å². The van der Waals surface area contributed by atoms with E-state index >= 15 is 0 Å². The summed E-state index contributed by atoms with van der Waals surface area (Å²) in [5, 5.41) is 6.74. The van der Waals surface area contributed by atoms with Gasteiger partial charge in [-0.25, -0.2) is 0 Å². The van der Waals surface area contributed by atoms with Gasteiger partial charge in [0.25, 0.3) is 0 Å². The van der Waals surface area contributed by atoms with Crippen LogP contribution in [0.25, 0.3) is 0 Å². The number of hydrogen-bond donors (Lipinski definition) is 1. The highest BCUT2D eigenvalue weighted by molar-refractivity contribution is 8.01. The second-order valence-electron chi connectivity index (χ2n) is 5.37. The molecule has 2 nitrogen and oxygen atoms in total. The first kappa shape index (κ1) is 13.0. The standard InChI is InChI=1S/C14H21NOS2/c1-10-7-13(12-4-6-17-14(12)18-10)15-8-11-3-2-5-16-9-11/h4,6,10-11,13,15H,2-3,5,7-9H2,1H3/t10-,11?,13?/m0/s1. The van der Waals surface area contributed by atoms with Crippen LogP contribution in [0.3, 0.4) is 0 Å². The summed E-state index contributed by atoms with van der Waals surface area (Å²) in [6.45, 7) is 5.35. The Balaban J connectivity index is 1.59. The van der Waals surface area contributed by atoms with Crippen LogP contribution in [0, 0.1) is 5.92 Å². The molecule has 0 radical (unpaired) electrons. The third-order valence-electron chi connectivity index (χ3n) is 3.82. The lowest BCUT2D eigenvalue weighted by atomic mass is 10.00. The molecule has 0 saturated carbocycles. The molecule has 100 valence electrons. The first-order chi connectivity index (χ1) is 8.83. The van der Waals surface area contributed by atoms with Crippen molar-refractivity contribution in [3.05, 3.63) is 17.0 Å². The molecule has 0 aliphatic carbocycles. The number of nitrogens with one attached hydrogen (secondary N) is 1. The van der Waals surface area contributed by atoms with Crippen molar-refractivity contribution in [2.75, 3.05) is 19.8 Å². The van der Waals surface area contributed by atoms with Gasteiger partial charge in [0.15, 0.2) is 0 Å². The van der Waals surface area contributed by atoms with Crippen LogP contribution in [-0.4, -0.2) is 25.0 Å². The molecule has 1 N–H and O–H groups in total. The fraction of sp³-hybridized carbons (Fsp3) is 0.714. The molecule has 3 rings (SSSR count). The molecule has 2 aliphatic rings. The van der Waals surface area contributed by atoms with Crippen molar-refractivity contribution >= 4 is 23.1 Å². The van der Waals surface area contributed by atoms with Gasteiger partial charge in [0.1, 0.15) is 0 Å². The minimum Gasteiger partial charge on any atom is -0.381 e. The van der Waals surface area contributed by atoms with Crippen molar-refractivity contribution in [2.24, 2.45) is 5.92 Å². The summed E-state index contributed by atoms with van der Waals surface area (Å²) in [5.74, 6) is 0.714. The van der Waals surface area contributed by atoms with Gasteiger partial charge in [-0.05, 0) is 42.2 Å². The molecule has 2 unspecified atom stereocenters. The Morgan fingerprint density at radius 3 is 3.28 bits per heavy atom. The maximum atomic E-state index is 5.56. The van der Waals surface area contributed by atoms with Gasteiger partial charge in [0.2, 0.25) is 0 Å². The Labute approximate surface area is 117 Å². The quantitative estimate of drug-likeness (QED) is 0.914. The van der Waals surface area contributed by atoms with Gasteiger partial charge in [-0.1, -0.05) is 6.92 Å². The molecule has 18 heavy (non-hydrogen) atoms. The third kappa shape index (κ3) is 2.93. The van der Waals surface area contributed by atoms with Gasteiger partial charge < -0.3 is 10.1 Å². The molecule has 1 saturated heterocycles. The Morgan fingerprint density at radius 1 is 1.50 bits per heavy atom. The average molecular weight is 283 g/mol. The van der Waals surface area contributed by atoms with Gasteiger partial charge in [0.05, 0.1) is 10.8 Å². The zero-order valence-corrected chi connectivity index (χ0v) is 12.5. The molecule has 4 heteroatoms. The van der Waals surface area contributed by atoms with Crippen LogP contribution in [-0.2, 0) is 4.74 Å². The number of ether oxygens (including phenoxy) is 1. The lowest BCUT2D eigenvalue weighted by Crippen LogP contribution is -2.33. The molecular formula is C14H21NOS2. The second kappa shape index (κ2) is 5.95. The zero-order chi connectivity index (χ0) is 12.4. The highest BCUT2D eigenvalue weighted by Crippen LogP contribution is 2.43. The zero-order valence-electron chi connectivity index (χ0n) is 10.9. The summed E-state index contributed by atoms with van der Waals surface area (Å²) in [7, 11) is 0. The van der Waals surface area contributed by atoms with E-state index in [1.54, 1.807) is 0 Å². The number of hydrogen-bond acceptors (Lipinski definition) is 4. The molecule has 2 aliphatic heterocycles. The summed E-state index contributed by atoms with van der Waals surface area (Å²) in [6, 6.07) is 2.86. The normalized spacial score (nSPS) is 32.2. The summed E-state index contributed by atoms with van der Waals surface area (Å²) in [6.07, 6.45) is 3.80. The van der Waals surface area contributed by atoms with E-state index < -0.39 is 0 Å². The first-order valence-electron chi connectivity index (χ1n) is 6.88. The molecule has 3 heterocycles.